The lowest BCUT2D eigenvalue weighted by Gasteiger charge is -2.08. The number of anilines is 1. The molecule has 0 amide bonds. The topological polar surface area (TPSA) is 74.3 Å². The lowest BCUT2D eigenvalue weighted by atomic mass is 10.1. The van der Waals surface area contributed by atoms with E-state index < -0.39 is 17.2 Å². The first-order valence-corrected chi connectivity index (χ1v) is 7.72. The fraction of sp³-hybridized carbons (Fsp3) is 0.353. The maximum absolute atomic E-state index is 14.3. The number of rotatable bonds is 3. The molecule has 1 unspecified atom stereocenters. The van der Waals surface area contributed by atoms with Gasteiger partial charge in [-0.3, -0.25) is 4.68 Å². The Kier molecular flexibility index (Phi) is 4.76. The van der Waals surface area contributed by atoms with Crippen LogP contribution in [0, 0.1) is 23.5 Å². The molecule has 132 valence electrons. The van der Waals surface area contributed by atoms with Gasteiger partial charge in [0, 0.05) is 18.8 Å². The maximum atomic E-state index is 14.3. The number of nitrogen functional groups attached to an aromatic ring is 1. The molecule has 3 N–H and O–H groups in total. The van der Waals surface area contributed by atoms with Crippen molar-refractivity contribution in [1.82, 2.24) is 15.1 Å². The molecule has 2 aromatic rings. The van der Waals surface area contributed by atoms with Crippen LogP contribution in [0.4, 0.5) is 14.5 Å². The third-order valence-corrected chi connectivity index (χ3v) is 4.05. The van der Waals surface area contributed by atoms with Crippen molar-refractivity contribution in [1.29, 1.82) is 0 Å². The number of methoxy groups -OCH3 is 2. The van der Waals surface area contributed by atoms with Crippen molar-refractivity contribution in [3.63, 3.8) is 0 Å². The van der Waals surface area contributed by atoms with Gasteiger partial charge in [0.05, 0.1) is 25.9 Å². The Bertz CT molecular complexity index is 820. The lowest BCUT2D eigenvalue weighted by Crippen LogP contribution is -2.13. The zero-order valence-corrected chi connectivity index (χ0v) is 13.9. The fourth-order valence-electron chi connectivity index (χ4n) is 2.67. The summed E-state index contributed by atoms with van der Waals surface area (Å²) in [5.41, 5.74) is 6.09. The van der Waals surface area contributed by atoms with E-state index in [9.17, 15) is 8.78 Å². The Labute approximate surface area is 143 Å². The molecule has 0 spiro atoms. The van der Waals surface area contributed by atoms with E-state index in [0.29, 0.717) is 5.69 Å². The van der Waals surface area contributed by atoms with Gasteiger partial charge in [0.2, 0.25) is 0 Å². The minimum absolute atomic E-state index is 0.155. The van der Waals surface area contributed by atoms with Crippen molar-refractivity contribution in [2.24, 2.45) is 0 Å². The second-order valence-electron chi connectivity index (χ2n) is 5.59. The molecule has 0 radical (unpaired) electrons. The van der Waals surface area contributed by atoms with Crippen LogP contribution in [0.2, 0.25) is 0 Å². The van der Waals surface area contributed by atoms with Crippen LogP contribution in [0.1, 0.15) is 23.7 Å². The standard InChI is InChI=1S/C17H18F2N4O2/c1-24-14-7-15(25-2)17(19)11(16(14)18)3-4-13-12(20)9-23(22-13)10-5-6-21-8-10/h7,9-10,21H,5-6,8,20H2,1-2H3. The third-order valence-electron chi connectivity index (χ3n) is 4.05. The molecule has 1 aromatic carbocycles. The zero-order valence-electron chi connectivity index (χ0n) is 13.9. The van der Waals surface area contributed by atoms with Gasteiger partial charge in [-0.15, -0.1) is 0 Å². The molecule has 1 fully saturated rings. The van der Waals surface area contributed by atoms with Crippen LogP contribution in [0.25, 0.3) is 0 Å². The van der Waals surface area contributed by atoms with Crippen LogP contribution in [-0.4, -0.2) is 37.1 Å². The number of benzene rings is 1. The molecular formula is C17H18F2N4O2. The summed E-state index contributed by atoms with van der Waals surface area (Å²) in [5, 5.41) is 7.56. The SMILES string of the molecule is COc1cc(OC)c(F)c(C#Cc2nn(C3CCNC3)cc2N)c1F. The quantitative estimate of drug-likeness (QED) is 0.826. The van der Waals surface area contributed by atoms with Gasteiger partial charge in [0.15, 0.2) is 28.8 Å². The molecule has 2 heterocycles. The van der Waals surface area contributed by atoms with Gasteiger partial charge in [-0.2, -0.15) is 5.10 Å². The monoisotopic (exact) mass is 348 g/mol. The van der Waals surface area contributed by atoms with Crippen LogP contribution in [-0.2, 0) is 0 Å². The van der Waals surface area contributed by atoms with Gasteiger partial charge < -0.3 is 20.5 Å². The van der Waals surface area contributed by atoms with E-state index in [0.717, 1.165) is 25.6 Å². The molecule has 1 saturated heterocycles. The Morgan fingerprint density at radius 1 is 1.24 bits per heavy atom. The van der Waals surface area contributed by atoms with Crippen LogP contribution in [0.5, 0.6) is 11.5 Å². The predicted molar refractivity (Wildman–Crippen MR) is 88.6 cm³/mol. The highest BCUT2D eigenvalue weighted by Crippen LogP contribution is 2.30. The number of nitrogens with zero attached hydrogens (tertiary/aromatic N) is 2. The highest BCUT2D eigenvalue weighted by atomic mass is 19.1. The summed E-state index contributed by atoms with van der Waals surface area (Å²) in [6.45, 7) is 1.70. The molecular weight excluding hydrogens is 330 g/mol. The summed E-state index contributed by atoms with van der Waals surface area (Å²) in [5.74, 6) is 3.00. The van der Waals surface area contributed by atoms with Gasteiger partial charge in [0.1, 0.15) is 5.56 Å². The Morgan fingerprint density at radius 3 is 2.48 bits per heavy atom. The number of hydrogen-bond acceptors (Lipinski definition) is 5. The maximum Gasteiger partial charge on any atom is 0.183 e. The van der Waals surface area contributed by atoms with Crippen molar-refractivity contribution in [2.75, 3.05) is 33.0 Å². The Balaban J connectivity index is 1.99. The van der Waals surface area contributed by atoms with E-state index in [1.54, 1.807) is 10.9 Å². The largest absolute Gasteiger partial charge is 0.493 e. The van der Waals surface area contributed by atoms with Crippen molar-refractivity contribution in [2.45, 2.75) is 12.5 Å². The van der Waals surface area contributed by atoms with E-state index in [1.807, 2.05) is 0 Å². The number of halogens is 2. The average Bonchev–Trinajstić information content (AvgIpc) is 3.25. The van der Waals surface area contributed by atoms with Gasteiger partial charge in [-0.1, -0.05) is 5.92 Å². The third kappa shape index (κ3) is 3.23. The molecule has 0 bridgehead atoms. The lowest BCUT2D eigenvalue weighted by molar-refractivity contribution is 0.357. The molecule has 8 heteroatoms. The summed E-state index contributed by atoms with van der Waals surface area (Å²) >= 11 is 0. The molecule has 1 aliphatic rings. The molecule has 1 aliphatic heterocycles. The highest BCUT2D eigenvalue weighted by Gasteiger charge is 2.20. The summed E-state index contributed by atoms with van der Waals surface area (Å²) in [4.78, 5) is 0. The summed E-state index contributed by atoms with van der Waals surface area (Å²) in [7, 11) is 2.56. The summed E-state index contributed by atoms with van der Waals surface area (Å²) in [6.07, 6.45) is 2.62. The first kappa shape index (κ1) is 17.0. The number of nitrogens with one attached hydrogen (secondary N) is 1. The number of nitrogens with two attached hydrogens (primary N) is 1. The molecule has 0 saturated carbocycles. The predicted octanol–water partition coefficient (Wildman–Crippen LogP) is 1.69. The van der Waals surface area contributed by atoms with E-state index in [1.165, 1.54) is 14.2 Å². The molecule has 1 aromatic heterocycles. The number of aromatic nitrogens is 2. The number of hydrogen-bond donors (Lipinski definition) is 2. The molecule has 1 atom stereocenters. The van der Waals surface area contributed by atoms with Crippen LogP contribution < -0.4 is 20.5 Å². The van der Waals surface area contributed by atoms with Crippen molar-refractivity contribution in [3.05, 3.63) is 35.2 Å². The minimum Gasteiger partial charge on any atom is -0.493 e. The van der Waals surface area contributed by atoms with Crippen molar-refractivity contribution < 1.29 is 18.3 Å². The number of ether oxygens (including phenoxy) is 2. The van der Waals surface area contributed by atoms with Crippen molar-refractivity contribution >= 4 is 5.69 Å². The Hall–Kier alpha value is -2.79. The van der Waals surface area contributed by atoms with Gasteiger partial charge >= 0.3 is 0 Å². The van der Waals surface area contributed by atoms with E-state index in [2.05, 4.69) is 22.3 Å². The normalized spacial score (nSPS) is 16.4. The average molecular weight is 348 g/mol. The van der Waals surface area contributed by atoms with Gasteiger partial charge in [0.25, 0.3) is 0 Å². The van der Waals surface area contributed by atoms with Crippen LogP contribution in [0.15, 0.2) is 12.3 Å². The Morgan fingerprint density at radius 2 is 1.92 bits per heavy atom. The summed E-state index contributed by atoms with van der Waals surface area (Å²) in [6, 6.07) is 1.33. The fourth-order valence-corrected chi connectivity index (χ4v) is 2.67. The van der Waals surface area contributed by atoms with Crippen LogP contribution in [0.3, 0.4) is 0 Å². The van der Waals surface area contributed by atoms with Crippen molar-refractivity contribution in [3.8, 4) is 23.3 Å². The molecule has 25 heavy (non-hydrogen) atoms. The molecule has 3 rings (SSSR count). The first-order chi connectivity index (χ1) is 12.0. The van der Waals surface area contributed by atoms with Gasteiger partial charge in [-0.05, 0) is 18.9 Å². The van der Waals surface area contributed by atoms with E-state index in [-0.39, 0.29) is 23.2 Å². The first-order valence-electron chi connectivity index (χ1n) is 7.72. The zero-order chi connectivity index (χ0) is 18.0. The smallest absolute Gasteiger partial charge is 0.183 e. The van der Waals surface area contributed by atoms with E-state index in [4.69, 9.17) is 15.2 Å². The summed E-state index contributed by atoms with van der Waals surface area (Å²) < 4.78 is 40.1. The van der Waals surface area contributed by atoms with Gasteiger partial charge in [-0.25, -0.2) is 8.78 Å². The molecule has 6 nitrogen and oxygen atoms in total. The second-order valence-corrected chi connectivity index (χ2v) is 5.59. The van der Waals surface area contributed by atoms with E-state index >= 15 is 0 Å². The molecule has 0 aliphatic carbocycles. The highest BCUT2D eigenvalue weighted by molar-refractivity contribution is 5.55. The minimum atomic E-state index is -0.897. The van der Waals surface area contributed by atoms with Crippen LogP contribution >= 0.6 is 0 Å². The second kappa shape index (κ2) is 6.99.